The second kappa shape index (κ2) is 8.53. The minimum absolute atomic E-state index is 0.0489. The van der Waals surface area contributed by atoms with Crippen LogP contribution in [-0.4, -0.2) is 59.2 Å². The molecule has 3 aliphatic heterocycles. The number of hydroxylamine groups is 2. The molecule has 1 amide bonds. The predicted molar refractivity (Wildman–Crippen MR) is 152 cm³/mol. The van der Waals surface area contributed by atoms with E-state index < -0.39 is 24.0 Å². The lowest BCUT2D eigenvalue weighted by atomic mass is 9.92. The Morgan fingerprint density at radius 2 is 1.80 bits per heavy atom. The topological polar surface area (TPSA) is 96.2 Å². The number of amides is 1. The van der Waals surface area contributed by atoms with Crippen LogP contribution in [0.15, 0.2) is 48.5 Å². The molecule has 1 N–H and O–H groups in total. The van der Waals surface area contributed by atoms with Crippen LogP contribution in [0.25, 0.3) is 43.6 Å². The van der Waals surface area contributed by atoms with Gasteiger partial charge in [0.1, 0.15) is 12.3 Å². The summed E-state index contributed by atoms with van der Waals surface area (Å²) in [6, 6.07) is 16.3. The number of hydrogen-bond acceptors (Lipinski definition) is 7. The van der Waals surface area contributed by atoms with E-state index in [4.69, 9.17) is 19.0 Å². The van der Waals surface area contributed by atoms with E-state index in [2.05, 4.69) is 45.6 Å². The van der Waals surface area contributed by atoms with Crippen LogP contribution >= 0.6 is 0 Å². The number of benzene rings is 3. The minimum Gasteiger partial charge on any atom is -0.437 e. The third-order valence-electron chi connectivity index (χ3n) is 9.18. The number of carbonyl (C=O) groups is 2. The van der Waals surface area contributed by atoms with Crippen LogP contribution in [0.3, 0.4) is 0 Å². The summed E-state index contributed by atoms with van der Waals surface area (Å²) in [5.74, 6) is -0.462. The van der Waals surface area contributed by atoms with E-state index in [-0.39, 0.29) is 18.7 Å². The standard InChI is InChI=1S/C31H30N4O6/c1-16(36)39-15-40-33(3)22-13-23-34-20-11-7-5-9-17(20)25-26-19(14-32-30(26)37)24-18-10-6-8-12-21(18)35(28(24)27(25)34)31(2,41-23)29(22)38-4/h5-12,22-23,29H,13-15H2,1-4H3,(H,32,37). The smallest absolute Gasteiger partial charge is 0.304 e. The molecule has 8 rings (SSSR count). The molecule has 0 radical (unpaired) electrons. The molecule has 10 nitrogen and oxygen atoms in total. The van der Waals surface area contributed by atoms with Crippen molar-refractivity contribution in [2.75, 3.05) is 21.0 Å². The van der Waals surface area contributed by atoms with Gasteiger partial charge in [0, 0.05) is 55.6 Å². The normalized spacial score (nSPS) is 25.0. The Hall–Kier alpha value is -3.96. The Balaban J connectivity index is 1.50. The number of fused-ring (bicyclic) bond motifs is 13. The maximum absolute atomic E-state index is 13.5. The summed E-state index contributed by atoms with van der Waals surface area (Å²) in [5.41, 5.74) is 4.82. The summed E-state index contributed by atoms with van der Waals surface area (Å²) in [7, 11) is 3.52. The van der Waals surface area contributed by atoms with Crippen molar-refractivity contribution in [3.63, 3.8) is 0 Å². The molecule has 10 heteroatoms. The van der Waals surface area contributed by atoms with Gasteiger partial charge in [0.2, 0.25) is 6.79 Å². The van der Waals surface area contributed by atoms with Crippen molar-refractivity contribution in [1.29, 1.82) is 0 Å². The third kappa shape index (κ3) is 3.10. The Morgan fingerprint density at radius 3 is 2.54 bits per heavy atom. The van der Waals surface area contributed by atoms with Crippen LogP contribution in [0, 0.1) is 0 Å². The molecule has 2 bridgehead atoms. The first kappa shape index (κ1) is 24.8. The van der Waals surface area contributed by atoms with Gasteiger partial charge in [0.15, 0.2) is 5.72 Å². The van der Waals surface area contributed by atoms with Gasteiger partial charge in [-0.15, -0.1) is 0 Å². The molecular formula is C31H30N4O6. The number of aromatic nitrogens is 2. The fourth-order valence-corrected chi connectivity index (χ4v) is 7.66. The van der Waals surface area contributed by atoms with E-state index >= 15 is 0 Å². The van der Waals surface area contributed by atoms with Crippen LogP contribution < -0.4 is 5.32 Å². The SMILES string of the molecule is COC1C(N(C)OCOC(C)=O)CC2OC1(C)n1c3ccccc3c3c4c(c5c6ccccc6n2c5c31)C(=O)NC4. The average molecular weight is 555 g/mol. The summed E-state index contributed by atoms with van der Waals surface area (Å²) in [6.07, 6.45) is -0.326. The molecule has 4 unspecified atom stereocenters. The van der Waals surface area contributed by atoms with E-state index in [9.17, 15) is 9.59 Å². The second-order valence-corrected chi connectivity index (χ2v) is 11.2. The van der Waals surface area contributed by atoms with Crippen molar-refractivity contribution in [3.05, 3.63) is 59.7 Å². The first-order valence-corrected chi connectivity index (χ1v) is 13.8. The predicted octanol–water partition coefficient (Wildman–Crippen LogP) is 4.52. The number of ether oxygens (including phenoxy) is 3. The van der Waals surface area contributed by atoms with Gasteiger partial charge in [0.25, 0.3) is 5.91 Å². The number of nitrogens with one attached hydrogen (secondary N) is 1. The Morgan fingerprint density at radius 1 is 1.10 bits per heavy atom. The fourth-order valence-electron chi connectivity index (χ4n) is 7.66. The van der Waals surface area contributed by atoms with Gasteiger partial charge in [-0.1, -0.05) is 36.4 Å². The largest absolute Gasteiger partial charge is 0.437 e. The van der Waals surface area contributed by atoms with Crippen molar-refractivity contribution in [1.82, 2.24) is 19.5 Å². The highest BCUT2D eigenvalue weighted by atomic mass is 16.8. The molecule has 1 fully saturated rings. The third-order valence-corrected chi connectivity index (χ3v) is 9.18. The summed E-state index contributed by atoms with van der Waals surface area (Å²) in [6.45, 7) is 3.70. The Bertz CT molecular complexity index is 1940. The van der Waals surface area contributed by atoms with E-state index in [0.29, 0.717) is 13.0 Å². The summed E-state index contributed by atoms with van der Waals surface area (Å²) < 4.78 is 23.0. The summed E-state index contributed by atoms with van der Waals surface area (Å²) >= 11 is 0. The lowest BCUT2D eigenvalue weighted by molar-refractivity contribution is -0.313. The lowest BCUT2D eigenvalue weighted by Gasteiger charge is -2.50. The van der Waals surface area contributed by atoms with Crippen molar-refractivity contribution in [2.24, 2.45) is 0 Å². The van der Waals surface area contributed by atoms with Gasteiger partial charge in [0.05, 0.1) is 33.7 Å². The molecule has 0 saturated carbocycles. The van der Waals surface area contributed by atoms with Crippen LogP contribution in [-0.2, 0) is 36.1 Å². The number of esters is 1. The zero-order valence-corrected chi connectivity index (χ0v) is 23.3. The number of para-hydroxylation sites is 2. The number of likely N-dealkylation sites (N-methyl/N-ethyl adjacent to an activating group) is 1. The average Bonchev–Trinajstić information content (AvgIpc) is 3.60. The van der Waals surface area contributed by atoms with Crippen LogP contribution in [0.5, 0.6) is 0 Å². The lowest BCUT2D eigenvalue weighted by Crippen LogP contribution is -2.60. The van der Waals surface area contributed by atoms with E-state index in [1.807, 2.05) is 31.3 Å². The molecule has 0 spiro atoms. The van der Waals surface area contributed by atoms with Gasteiger partial charge in [-0.2, -0.15) is 5.06 Å². The number of rotatable bonds is 5. The van der Waals surface area contributed by atoms with Crippen molar-refractivity contribution in [2.45, 2.75) is 50.9 Å². The molecule has 2 aromatic heterocycles. The molecule has 41 heavy (non-hydrogen) atoms. The maximum atomic E-state index is 13.5. The molecule has 3 aliphatic rings. The number of hydrogen-bond donors (Lipinski definition) is 1. The fraction of sp³-hybridized carbons (Fsp3) is 0.355. The molecule has 4 atom stereocenters. The maximum Gasteiger partial charge on any atom is 0.304 e. The number of methoxy groups -OCH3 is 1. The Labute approximate surface area is 235 Å². The second-order valence-electron chi connectivity index (χ2n) is 11.2. The monoisotopic (exact) mass is 554 g/mol. The number of nitrogens with zero attached hydrogens (tertiary/aromatic N) is 3. The molecule has 5 aromatic rings. The van der Waals surface area contributed by atoms with Crippen LogP contribution in [0.2, 0.25) is 0 Å². The zero-order chi connectivity index (χ0) is 28.2. The molecule has 1 saturated heterocycles. The van der Waals surface area contributed by atoms with Crippen molar-refractivity contribution >= 4 is 55.5 Å². The Kier molecular flexibility index (Phi) is 5.16. The molecule has 3 aromatic carbocycles. The van der Waals surface area contributed by atoms with Crippen molar-refractivity contribution < 1.29 is 28.6 Å². The highest BCUT2D eigenvalue weighted by molar-refractivity contribution is 6.31. The number of carbonyl (C=O) groups excluding carboxylic acids is 2. The van der Waals surface area contributed by atoms with Gasteiger partial charge < -0.3 is 28.7 Å². The first-order valence-electron chi connectivity index (χ1n) is 13.8. The molecular weight excluding hydrogens is 524 g/mol. The van der Waals surface area contributed by atoms with E-state index in [0.717, 1.165) is 54.7 Å². The highest BCUT2D eigenvalue weighted by Gasteiger charge is 2.54. The minimum atomic E-state index is -0.958. The van der Waals surface area contributed by atoms with Gasteiger partial charge >= 0.3 is 5.97 Å². The summed E-state index contributed by atoms with van der Waals surface area (Å²) in [5, 5.41) is 8.93. The van der Waals surface area contributed by atoms with Gasteiger partial charge in [-0.3, -0.25) is 14.4 Å². The first-order chi connectivity index (χ1) is 19.8. The van der Waals surface area contributed by atoms with Crippen molar-refractivity contribution in [3.8, 4) is 0 Å². The molecule has 0 aliphatic carbocycles. The van der Waals surface area contributed by atoms with Crippen LogP contribution in [0.1, 0.15) is 42.4 Å². The zero-order valence-electron chi connectivity index (χ0n) is 23.3. The van der Waals surface area contributed by atoms with E-state index in [1.165, 1.54) is 6.92 Å². The van der Waals surface area contributed by atoms with Crippen LogP contribution in [0.4, 0.5) is 0 Å². The molecule has 210 valence electrons. The van der Waals surface area contributed by atoms with E-state index in [1.54, 1.807) is 12.2 Å². The quantitative estimate of drug-likeness (QED) is 0.194. The van der Waals surface area contributed by atoms with Gasteiger partial charge in [-0.25, -0.2) is 0 Å². The highest BCUT2D eigenvalue weighted by Crippen LogP contribution is 2.54. The summed E-state index contributed by atoms with van der Waals surface area (Å²) in [4.78, 5) is 30.8. The molecule has 5 heterocycles. The van der Waals surface area contributed by atoms with Gasteiger partial charge in [-0.05, 0) is 24.6 Å².